The summed E-state index contributed by atoms with van der Waals surface area (Å²) in [6, 6.07) is 17.4. The summed E-state index contributed by atoms with van der Waals surface area (Å²) in [6.45, 7) is 2.28. The second-order valence-corrected chi connectivity index (χ2v) is 7.45. The lowest BCUT2D eigenvalue weighted by Crippen LogP contribution is -2.24. The zero-order chi connectivity index (χ0) is 20.9. The molecule has 150 valence electrons. The van der Waals surface area contributed by atoms with Crippen LogP contribution in [0.25, 0.3) is 11.3 Å². The summed E-state index contributed by atoms with van der Waals surface area (Å²) in [4.78, 5) is 13.3. The van der Waals surface area contributed by atoms with Gasteiger partial charge in [0, 0.05) is 11.6 Å². The minimum absolute atomic E-state index is 0.164. The van der Waals surface area contributed by atoms with Gasteiger partial charge in [0.25, 0.3) is 5.91 Å². The van der Waals surface area contributed by atoms with E-state index in [4.69, 9.17) is 16.7 Å². The molecule has 3 aromatic rings. The molecule has 0 fully saturated rings. The van der Waals surface area contributed by atoms with Gasteiger partial charge in [0.2, 0.25) is 0 Å². The number of nitrogens with zero attached hydrogens (tertiary/aromatic N) is 2. The molecule has 0 saturated carbocycles. The summed E-state index contributed by atoms with van der Waals surface area (Å²) in [7, 11) is 0. The minimum Gasteiger partial charge on any atom is -0.348 e. The molecule has 5 heteroatoms. The van der Waals surface area contributed by atoms with E-state index in [0.717, 1.165) is 22.5 Å². The average molecular weight is 416 g/mol. The lowest BCUT2D eigenvalue weighted by molar-refractivity contribution is 0.0950. The molecule has 1 aliphatic carbocycles. The van der Waals surface area contributed by atoms with Crippen LogP contribution in [0, 0.1) is 6.92 Å². The van der Waals surface area contributed by atoms with Crippen molar-refractivity contribution in [3.8, 4) is 5.69 Å². The van der Waals surface area contributed by atoms with Gasteiger partial charge in [-0.15, -0.1) is 0 Å². The first-order valence-corrected chi connectivity index (χ1v) is 10.2. The highest BCUT2D eigenvalue weighted by atomic mass is 35.5. The quantitative estimate of drug-likeness (QED) is 0.584. The lowest BCUT2D eigenvalue weighted by atomic mass is 10.0. The predicted molar refractivity (Wildman–Crippen MR) is 122 cm³/mol. The number of nitrogens with one attached hydrogen (secondary N) is 1. The molecule has 1 N–H and O–H groups in total. The summed E-state index contributed by atoms with van der Waals surface area (Å²) in [5.74, 6) is -0.164. The zero-order valence-corrected chi connectivity index (χ0v) is 17.4. The summed E-state index contributed by atoms with van der Waals surface area (Å²) in [6.07, 6.45) is 10.7. The van der Waals surface area contributed by atoms with Crippen LogP contribution in [-0.2, 0) is 6.54 Å². The van der Waals surface area contributed by atoms with Gasteiger partial charge in [-0.2, -0.15) is 5.10 Å². The molecule has 4 rings (SSSR count). The first-order chi connectivity index (χ1) is 14.6. The first kappa shape index (κ1) is 19.9. The Labute approximate surface area is 181 Å². The van der Waals surface area contributed by atoms with Gasteiger partial charge in [-0.3, -0.25) is 4.79 Å². The van der Waals surface area contributed by atoms with Crippen LogP contribution >= 0.6 is 11.6 Å². The van der Waals surface area contributed by atoms with E-state index >= 15 is 0 Å². The van der Waals surface area contributed by atoms with Crippen LogP contribution in [-0.4, -0.2) is 15.7 Å². The smallest absolute Gasteiger partial charge is 0.255 e. The molecule has 1 aromatic heterocycles. The van der Waals surface area contributed by atoms with Crippen molar-refractivity contribution in [3.63, 3.8) is 0 Å². The van der Waals surface area contributed by atoms with Gasteiger partial charge in [0.05, 0.1) is 16.9 Å². The maximum Gasteiger partial charge on any atom is 0.255 e. The van der Waals surface area contributed by atoms with Gasteiger partial charge >= 0.3 is 0 Å². The SMILES string of the molecule is Cc1c(C(=O)NCc2ccccc2Cl)c(C2=CC=CC=CC2)nn1-c1ccccc1. The summed E-state index contributed by atoms with van der Waals surface area (Å²) in [5.41, 5.74) is 4.88. The van der Waals surface area contributed by atoms with E-state index in [-0.39, 0.29) is 5.91 Å². The molecule has 30 heavy (non-hydrogen) atoms. The van der Waals surface area contributed by atoms with Crippen molar-refractivity contribution in [3.05, 3.63) is 113 Å². The van der Waals surface area contributed by atoms with Crippen molar-refractivity contribution in [1.29, 1.82) is 0 Å². The van der Waals surface area contributed by atoms with Crippen LogP contribution in [0.15, 0.2) is 85.0 Å². The number of halogens is 1. The molecule has 2 aromatic carbocycles. The van der Waals surface area contributed by atoms with Crippen molar-refractivity contribution in [2.45, 2.75) is 19.9 Å². The number of hydrogen-bond acceptors (Lipinski definition) is 2. The molecule has 0 bridgehead atoms. The monoisotopic (exact) mass is 415 g/mol. The molecular formula is C25H22ClN3O. The standard InChI is InChI=1S/C25H22ClN3O/c1-18-23(25(30)27-17-20-13-9-10-16-22(20)26)24(19-11-5-2-3-6-12-19)28-29(18)21-14-7-4-8-15-21/h2-11,13-16H,12,17H2,1H3,(H,27,30). The fourth-order valence-electron chi connectivity index (χ4n) is 3.48. The Bertz CT molecular complexity index is 1160. The van der Waals surface area contributed by atoms with Gasteiger partial charge in [0.15, 0.2) is 0 Å². The second kappa shape index (κ2) is 8.97. The number of allylic oxidation sites excluding steroid dienone is 6. The van der Waals surface area contributed by atoms with E-state index in [0.29, 0.717) is 29.2 Å². The maximum absolute atomic E-state index is 13.3. The molecule has 0 spiro atoms. The van der Waals surface area contributed by atoms with Gasteiger partial charge in [-0.1, -0.05) is 78.4 Å². The number of rotatable bonds is 5. The minimum atomic E-state index is -0.164. The van der Waals surface area contributed by atoms with E-state index in [2.05, 4.69) is 11.4 Å². The van der Waals surface area contributed by atoms with Gasteiger partial charge in [-0.05, 0) is 42.7 Å². The summed E-state index contributed by atoms with van der Waals surface area (Å²) in [5, 5.41) is 8.49. The van der Waals surface area contributed by atoms with E-state index in [1.807, 2.05) is 90.5 Å². The Kier molecular flexibility index (Phi) is 5.96. The fourth-order valence-corrected chi connectivity index (χ4v) is 3.68. The average Bonchev–Trinajstić information content (AvgIpc) is 2.93. The molecule has 1 amide bonds. The number of amides is 1. The highest BCUT2D eigenvalue weighted by Crippen LogP contribution is 2.28. The predicted octanol–water partition coefficient (Wildman–Crippen LogP) is 5.66. The van der Waals surface area contributed by atoms with Crippen LogP contribution in [0.2, 0.25) is 5.02 Å². The Hall–Kier alpha value is -3.37. The third-order valence-corrected chi connectivity index (χ3v) is 5.41. The molecule has 0 aliphatic heterocycles. The molecule has 0 atom stereocenters. The van der Waals surface area contributed by atoms with Crippen LogP contribution < -0.4 is 5.32 Å². The maximum atomic E-state index is 13.3. The van der Waals surface area contributed by atoms with Crippen molar-refractivity contribution >= 4 is 23.1 Å². The van der Waals surface area contributed by atoms with Crippen LogP contribution in [0.1, 0.15) is 33.7 Å². The molecule has 1 heterocycles. The summed E-state index contributed by atoms with van der Waals surface area (Å²) >= 11 is 6.25. The largest absolute Gasteiger partial charge is 0.348 e. The van der Waals surface area contributed by atoms with Gasteiger partial charge in [-0.25, -0.2) is 4.68 Å². The van der Waals surface area contributed by atoms with Crippen LogP contribution in [0.3, 0.4) is 0 Å². The highest BCUT2D eigenvalue weighted by molar-refractivity contribution is 6.31. The molecule has 1 aliphatic rings. The van der Waals surface area contributed by atoms with E-state index in [1.54, 1.807) is 0 Å². The topological polar surface area (TPSA) is 46.9 Å². The third-order valence-electron chi connectivity index (χ3n) is 5.04. The zero-order valence-electron chi connectivity index (χ0n) is 16.7. The van der Waals surface area contributed by atoms with Crippen molar-refractivity contribution in [2.24, 2.45) is 0 Å². The Morgan fingerprint density at radius 3 is 2.63 bits per heavy atom. The number of aromatic nitrogens is 2. The molecule has 4 nitrogen and oxygen atoms in total. The second-order valence-electron chi connectivity index (χ2n) is 7.04. The first-order valence-electron chi connectivity index (χ1n) is 9.84. The molecule has 0 radical (unpaired) electrons. The van der Waals surface area contributed by atoms with E-state index in [1.165, 1.54) is 0 Å². The number of para-hydroxylation sites is 1. The van der Waals surface area contributed by atoms with E-state index in [9.17, 15) is 4.79 Å². The molecule has 0 saturated heterocycles. The number of carbonyl (C=O) groups excluding carboxylic acids is 1. The third kappa shape index (κ3) is 4.14. The normalized spacial score (nSPS) is 13.1. The number of carbonyl (C=O) groups is 1. The van der Waals surface area contributed by atoms with Crippen molar-refractivity contribution < 1.29 is 4.79 Å². The fraction of sp³-hybridized carbons (Fsp3) is 0.120. The van der Waals surface area contributed by atoms with Crippen LogP contribution in [0.5, 0.6) is 0 Å². The Morgan fingerprint density at radius 1 is 1.07 bits per heavy atom. The highest BCUT2D eigenvalue weighted by Gasteiger charge is 2.24. The molecular weight excluding hydrogens is 394 g/mol. The van der Waals surface area contributed by atoms with Crippen molar-refractivity contribution in [1.82, 2.24) is 15.1 Å². The Balaban J connectivity index is 1.73. The van der Waals surface area contributed by atoms with Gasteiger partial charge < -0.3 is 5.32 Å². The molecule has 0 unspecified atom stereocenters. The van der Waals surface area contributed by atoms with E-state index < -0.39 is 0 Å². The Morgan fingerprint density at radius 2 is 1.83 bits per heavy atom. The van der Waals surface area contributed by atoms with Gasteiger partial charge in [0.1, 0.15) is 5.69 Å². The van der Waals surface area contributed by atoms with Crippen molar-refractivity contribution in [2.75, 3.05) is 0 Å². The lowest BCUT2D eigenvalue weighted by Gasteiger charge is -2.09. The number of benzene rings is 2. The van der Waals surface area contributed by atoms with Crippen LogP contribution in [0.4, 0.5) is 0 Å². The number of hydrogen-bond donors (Lipinski definition) is 1. The summed E-state index contributed by atoms with van der Waals surface area (Å²) < 4.78 is 1.83.